The van der Waals surface area contributed by atoms with Gasteiger partial charge in [0.25, 0.3) is 10.0 Å². The van der Waals surface area contributed by atoms with Crippen LogP contribution in [0.5, 0.6) is 0 Å². The van der Waals surface area contributed by atoms with E-state index >= 15 is 0 Å². The number of allylic oxidation sites excluding steroid dienone is 3. The van der Waals surface area contributed by atoms with Gasteiger partial charge < -0.3 is 5.32 Å². The number of hydrogen-bond donors (Lipinski definition) is 2. The molecule has 2 rings (SSSR count). The van der Waals surface area contributed by atoms with Gasteiger partial charge >= 0.3 is 0 Å². The van der Waals surface area contributed by atoms with Gasteiger partial charge in [0.2, 0.25) is 11.9 Å². The standard InChI is InChI=1S/C16H16N4O3S/c1-2-3-4-6-15(21)19-13-7-9-14(10-8-13)24(22,23)20-16-17-11-5-12-18-16/h2-12H,1H3,(H,19,21)(H,17,18,20)/b3-2+,6-4+. The van der Waals surface area contributed by atoms with Crippen molar-refractivity contribution in [1.29, 1.82) is 0 Å². The van der Waals surface area contributed by atoms with Gasteiger partial charge in [0, 0.05) is 24.2 Å². The number of nitrogens with one attached hydrogen (secondary N) is 2. The van der Waals surface area contributed by atoms with Gasteiger partial charge in [-0.05, 0) is 37.3 Å². The number of hydrogen-bond acceptors (Lipinski definition) is 5. The van der Waals surface area contributed by atoms with Crippen molar-refractivity contribution < 1.29 is 13.2 Å². The Hall–Kier alpha value is -3.00. The highest BCUT2D eigenvalue weighted by Gasteiger charge is 2.15. The van der Waals surface area contributed by atoms with E-state index in [4.69, 9.17) is 0 Å². The average molecular weight is 344 g/mol. The Morgan fingerprint density at radius 2 is 1.75 bits per heavy atom. The van der Waals surface area contributed by atoms with Gasteiger partial charge in [-0.25, -0.2) is 23.1 Å². The molecule has 1 amide bonds. The molecule has 124 valence electrons. The van der Waals surface area contributed by atoms with E-state index in [1.807, 2.05) is 6.92 Å². The number of anilines is 2. The van der Waals surface area contributed by atoms with Crippen LogP contribution < -0.4 is 10.0 Å². The number of aromatic nitrogens is 2. The van der Waals surface area contributed by atoms with E-state index < -0.39 is 10.0 Å². The van der Waals surface area contributed by atoms with E-state index in [-0.39, 0.29) is 16.8 Å². The lowest BCUT2D eigenvalue weighted by Gasteiger charge is -2.07. The molecule has 1 aromatic heterocycles. The molecule has 2 aromatic rings. The maximum atomic E-state index is 12.2. The molecule has 0 atom stereocenters. The molecule has 0 aliphatic rings. The first kappa shape index (κ1) is 17.4. The number of amides is 1. The van der Waals surface area contributed by atoms with E-state index in [0.29, 0.717) is 5.69 Å². The van der Waals surface area contributed by atoms with Crippen LogP contribution in [0.4, 0.5) is 11.6 Å². The number of rotatable bonds is 6. The molecule has 2 N–H and O–H groups in total. The Kier molecular flexibility index (Phi) is 5.80. The van der Waals surface area contributed by atoms with Crippen LogP contribution in [0.3, 0.4) is 0 Å². The van der Waals surface area contributed by atoms with Crippen molar-refractivity contribution in [2.45, 2.75) is 11.8 Å². The summed E-state index contributed by atoms with van der Waals surface area (Å²) < 4.78 is 26.7. The molecule has 0 saturated heterocycles. The summed E-state index contributed by atoms with van der Waals surface area (Å²) in [5.41, 5.74) is 0.486. The van der Waals surface area contributed by atoms with Crippen LogP contribution in [0.2, 0.25) is 0 Å². The van der Waals surface area contributed by atoms with E-state index in [2.05, 4.69) is 20.0 Å². The van der Waals surface area contributed by atoms with Crippen LogP contribution in [0.1, 0.15) is 6.92 Å². The predicted octanol–water partition coefficient (Wildman–Crippen LogP) is 2.35. The molecular formula is C16H16N4O3S. The SMILES string of the molecule is C/C=C/C=C/C(=O)Nc1ccc(S(=O)(=O)Nc2ncccn2)cc1. The first-order valence-electron chi connectivity index (χ1n) is 7.01. The van der Waals surface area contributed by atoms with Crippen LogP contribution in [0, 0.1) is 0 Å². The summed E-state index contributed by atoms with van der Waals surface area (Å²) in [5.74, 6) is -0.316. The van der Waals surface area contributed by atoms with Gasteiger partial charge in [0.05, 0.1) is 4.90 Å². The van der Waals surface area contributed by atoms with Crippen molar-refractivity contribution in [3.8, 4) is 0 Å². The van der Waals surface area contributed by atoms with E-state index in [1.165, 1.54) is 42.7 Å². The molecule has 0 bridgehead atoms. The van der Waals surface area contributed by atoms with Crippen molar-refractivity contribution in [1.82, 2.24) is 9.97 Å². The summed E-state index contributed by atoms with van der Waals surface area (Å²) in [6.07, 6.45) is 9.38. The third-order valence-corrected chi connectivity index (χ3v) is 4.12. The second-order valence-electron chi connectivity index (χ2n) is 4.58. The van der Waals surface area contributed by atoms with Gasteiger partial charge in [-0.2, -0.15) is 0 Å². The highest BCUT2D eigenvalue weighted by molar-refractivity contribution is 7.92. The van der Waals surface area contributed by atoms with E-state index in [9.17, 15) is 13.2 Å². The Labute approximate surface area is 140 Å². The van der Waals surface area contributed by atoms with Crippen molar-refractivity contribution in [3.05, 3.63) is 67.0 Å². The molecule has 8 heteroatoms. The second-order valence-corrected chi connectivity index (χ2v) is 6.26. The molecule has 0 saturated carbocycles. The number of nitrogens with zero attached hydrogens (tertiary/aromatic N) is 2. The summed E-state index contributed by atoms with van der Waals surface area (Å²) in [4.78, 5) is 19.3. The molecule has 0 radical (unpaired) electrons. The summed E-state index contributed by atoms with van der Waals surface area (Å²) in [5, 5.41) is 2.63. The number of benzene rings is 1. The normalized spacial score (nSPS) is 11.7. The van der Waals surface area contributed by atoms with Gasteiger partial charge in [-0.1, -0.05) is 18.2 Å². The topological polar surface area (TPSA) is 101 Å². The number of sulfonamides is 1. The maximum Gasteiger partial charge on any atom is 0.264 e. The summed E-state index contributed by atoms with van der Waals surface area (Å²) in [6, 6.07) is 7.36. The molecule has 0 aliphatic heterocycles. The lowest BCUT2D eigenvalue weighted by Crippen LogP contribution is -2.15. The lowest BCUT2D eigenvalue weighted by atomic mass is 10.3. The van der Waals surface area contributed by atoms with Crippen LogP contribution in [-0.2, 0) is 14.8 Å². The molecule has 1 heterocycles. The molecule has 24 heavy (non-hydrogen) atoms. The minimum Gasteiger partial charge on any atom is -0.323 e. The molecule has 1 aromatic carbocycles. The summed E-state index contributed by atoms with van der Waals surface area (Å²) in [6.45, 7) is 1.84. The molecule has 0 unspecified atom stereocenters. The fourth-order valence-electron chi connectivity index (χ4n) is 1.69. The second kappa shape index (κ2) is 8.02. The molecule has 0 fully saturated rings. The zero-order valence-electron chi connectivity index (χ0n) is 12.9. The van der Waals surface area contributed by atoms with Gasteiger partial charge in [-0.15, -0.1) is 0 Å². The van der Waals surface area contributed by atoms with E-state index in [1.54, 1.807) is 24.3 Å². The molecule has 7 nitrogen and oxygen atoms in total. The highest BCUT2D eigenvalue weighted by atomic mass is 32.2. The fourth-order valence-corrected chi connectivity index (χ4v) is 2.64. The lowest BCUT2D eigenvalue weighted by molar-refractivity contribution is -0.111. The third kappa shape index (κ3) is 5.03. The van der Waals surface area contributed by atoms with E-state index in [0.717, 1.165) is 0 Å². The van der Waals surface area contributed by atoms with Gasteiger partial charge in [-0.3, -0.25) is 4.79 Å². The monoisotopic (exact) mass is 344 g/mol. The van der Waals surface area contributed by atoms with Crippen molar-refractivity contribution in [2.24, 2.45) is 0 Å². The smallest absolute Gasteiger partial charge is 0.264 e. The number of carbonyl (C=O) groups excluding carboxylic acids is 1. The largest absolute Gasteiger partial charge is 0.323 e. The Morgan fingerprint density at radius 3 is 2.38 bits per heavy atom. The van der Waals surface area contributed by atoms with Crippen molar-refractivity contribution in [2.75, 3.05) is 10.0 Å². The zero-order valence-corrected chi connectivity index (χ0v) is 13.7. The molecule has 0 spiro atoms. The maximum absolute atomic E-state index is 12.2. The van der Waals surface area contributed by atoms with Crippen LogP contribution in [0.25, 0.3) is 0 Å². The Balaban J connectivity index is 2.07. The minimum absolute atomic E-state index is 0.0102. The quantitative estimate of drug-likeness (QED) is 0.619. The van der Waals surface area contributed by atoms with Crippen LogP contribution in [-0.4, -0.2) is 24.3 Å². The molecular weight excluding hydrogens is 328 g/mol. The number of carbonyl (C=O) groups is 1. The van der Waals surface area contributed by atoms with Crippen LogP contribution in [0.15, 0.2) is 71.9 Å². The van der Waals surface area contributed by atoms with Crippen molar-refractivity contribution in [3.63, 3.8) is 0 Å². The minimum atomic E-state index is -3.79. The van der Waals surface area contributed by atoms with Crippen molar-refractivity contribution >= 4 is 27.6 Å². The predicted molar refractivity (Wildman–Crippen MR) is 91.9 cm³/mol. The van der Waals surface area contributed by atoms with Gasteiger partial charge in [0.15, 0.2) is 0 Å². The highest BCUT2D eigenvalue weighted by Crippen LogP contribution is 2.16. The average Bonchev–Trinajstić information content (AvgIpc) is 2.56. The Morgan fingerprint density at radius 1 is 1.08 bits per heavy atom. The first-order valence-corrected chi connectivity index (χ1v) is 8.50. The fraction of sp³-hybridized carbons (Fsp3) is 0.0625. The molecule has 0 aliphatic carbocycles. The third-order valence-electron chi connectivity index (χ3n) is 2.77. The first-order chi connectivity index (χ1) is 11.5. The van der Waals surface area contributed by atoms with Crippen LogP contribution >= 0.6 is 0 Å². The summed E-state index contributed by atoms with van der Waals surface area (Å²) >= 11 is 0. The van der Waals surface area contributed by atoms with Gasteiger partial charge in [0.1, 0.15) is 0 Å². The summed E-state index contributed by atoms with van der Waals surface area (Å²) in [7, 11) is -3.79. The Bertz CT molecular complexity index is 845. The zero-order chi connectivity index (χ0) is 17.4.